The first-order valence-corrected chi connectivity index (χ1v) is 12.0. The van der Waals surface area contributed by atoms with Gasteiger partial charge in [-0.05, 0) is 43.1 Å². The Morgan fingerprint density at radius 1 is 0.750 bits per heavy atom. The van der Waals surface area contributed by atoms with Gasteiger partial charge in [0.1, 0.15) is 0 Å². The summed E-state index contributed by atoms with van der Waals surface area (Å²) in [5, 5.41) is 11.3. The lowest BCUT2D eigenvalue weighted by Gasteiger charge is -2.30. The third-order valence-corrected chi connectivity index (χ3v) is 6.61. The van der Waals surface area contributed by atoms with Crippen LogP contribution in [-0.2, 0) is 4.79 Å². The molecule has 0 saturated carbocycles. The summed E-state index contributed by atoms with van der Waals surface area (Å²) in [6.07, 6.45) is 22.2. The van der Waals surface area contributed by atoms with Gasteiger partial charge in [0.2, 0.25) is 0 Å². The van der Waals surface area contributed by atoms with Crippen molar-refractivity contribution in [2.75, 3.05) is 0 Å². The van der Waals surface area contributed by atoms with E-state index in [1.807, 2.05) is 6.08 Å². The summed E-state index contributed by atoms with van der Waals surface area (Å²) < 4.78 is 0. The summed E-state index contributed by atoms with van der Waals surface area (Å²) in [6.45, 7) is 9.21. The average Bonchev–Trinajstić information content (AvgIpc) is 2.68. The topological polar surface area (TPSA) is 76.6 Å². The van der Waals surface area contributed by atoms with Crippen LogP contribution in [0.1, 0.15) is 137 Å². The van der Waals surface area contributed by atoms with Crippen molar-refractivity contribution in [2.45, 2.75) is 137 Å². The van der Waals surface area contributed by atoms with Gasteiger partial charge in [-0.1, -0.05) is 111 Å². The second kappa shape index (κ2) is 19.5. The summed E-state index contributed by atoms with van der Waals surface area (Å²) in [4.78, 5) is 11.3. The number of quaternary nitrogens is 1. The summed E-state index contributed by atoms with van der Waals surface area (Å²) in [7, 11) is 0. The van der Waals surface area contributed by atoms with Crippen molar-refractivity contribution >= 4 is 5.97 Å². The number of hydrogen-bond donors (Lipinski definition) is 1. The summed E-state index contributed by atoms with van der Waals surface area (Å²) >= 11 is 0. The quantitative estimate of drug-likeness (QED) is 0.179. The van der Waals surface area contributed by atoms with Gasteiger partial charge in [-0.25, -0.2) is 0 Å². The van der Waals surface area contributed by atoms with E-state index in [9.17, 15) is 9.90 Å². The van der Waals surface area contributed by atoms with Gasteiger partial charge in [0.05, 0.1) is 5.97 Å². The number of hydrogen-bond acceptors (Lipinski definition) is 2. The van der Waals surface area contributed by atoms with Crippen molar-refractivity contribution in [3.8, 4) is 0 Å². The first-order chi connectivity index (χ1) is 13.0. The highest BCUT2D eigenvalue weighted by Gasteiger charge is 2.22. The van der Waals surface area contributed by atoms with Crippen molar-refractivity contribution in [1.82, 2.24) is 6.15 Å². The fraction of sp³-hybridized carbons (Fsp3) is 0.880. The zero-order valence-electron chi connectivity index (χ0n) is 19.9. The van der Waals surface area contributed by atoms with E-state index in [1.165, 1.54) is 77.0 Å². The second-order valence-electron chi connectivity index (χ2n) is 8.40. The maximum atomic E-state index is 11.3. The number of carbonyl (C=O) groups excluding carboxylic acids is 1. The normalized spacial score (nSPS) is 12.1. The van der Waals surface area contributed by atoms with E-state index < -0.39 is 5.97 Å². The maximum Gasteiger partial charge on any atom is 0.0671 e. The van der Waals surface area contributed by atoms with Crippen molar-refractivity contribution in [3.63, 3.8) is 0 Å². The van der Waals surface area contributed by atoms with Crippen LogP contribution < -0.4 is 11.3 Å². The predicted octanol–water partition coefficient (Wildman–Crippen LogP) is 7.74. The molecular formula is C25H51NO2. The third-order valence-electron chi connectivity index (χ3n) is 6.61. The lowest BCUT2D eigenvalue weighted by atomic mass is 9.75. The molecule has 0 amide bonds. The monoisotopic (exact) mass is 397 g/mol. The molecule has 0 aromatic rings. The third kappa shape index (κ3) is 14.2. The van der Waals surface area contributed by atoms with Crippen LogP contribution in [-0.4, -0.2) is 5.97 Å². The molecule has 0 radical (unpaired) electrons. The molecular weight excluding hydrogens is 346 g/mol. The van der Waals surface area contributed by atoms with Crippen molar-refractivity contribution in [2.24, 2.45) is 5.41 Å². The minimum atomic E-state index is -0.960. The van der Waals surface area contributed by atoms with Gasteiger partial charge in [0, 0.05) is 0 Å². The first kappa shape index (κ1) is 29.4. The lowest BCUT2D eigenvalue weighted by Crippen LogP contribution is -2.24. The number of carboxylic acids is 1. The molecule has 0 atom stereocenters. The molecule has 0 aliphatic rings. The molecule has 0 fully saturated rings. The molecule has 0 heterocycles. The van der Waals surface area contributed by atoms with Crippen molar-refractivity contribution in [1.29, 1.82) is 0 Å². The fourth-order valence-corrected chi connectivity index (χ4v) is 4.11. The first-order valence-electron chi connectivity index (χ1n) is 12.0. The molecule has 3 heteroatoms. The van der Waals surface area contributed by atoms with Crippen LogP contribution in [0.3, 0.4) is 0 Å². The highest BCUT2D eigenvalue weighted by atomic mass is 16.4. The smallest absolute Gasteiger partial charge is 0.0671 e. The number of carbonyl (C=O) groups is 1. The van der Waals surface area contributed by atoms with Gasteiger partial charge < -0.3 is 16.1 Å². The number of unbranched alkanes of at least 4 members (excludes halogenated alkanes) is 10. The highest BCUT2D eigenvalue weighted by Crippen LogP contribution is 2.36. The van der Waals surface area contributed by atoms with Crippen LogP contribution in [0.5, 0.6) is 0 Å². The molecule has 0 aliphatic heterocycles. The maximum absolute atomic E-state index is 11.3. The Labute approximate surface area is 176 Å². The number of allylic oxidation sites excluding steroid dienone is 1. The molecule has 0 unspecified atom stereocenters. The van der Waals surface area contributed by atoms with E-state index >= 15 is 0 Å². The van der Waals surface area contributed by atoms with E-state index in [4.69, 9.17) is 0 Å². The SMILES string of the molecule is CCCCCCCCC(=CCCCCCCCC(CC)(CC)CC)C(=O)[O-].[NH4+]. The summed E-state index contributed by atoms with van der Waals surface area (Å²) in [5.74, 6) is -0.960. The zero-order valence-corrected chi connectivity index (χ0v) is 19.9. The van der Waals surface area contributed by atoms with E-state index in [0.29, 0.717) is 17.4 Å². The van der Waals surface area contributed by atoms with Crippen molar-refractivity contribution < 1.29 is 9.90 Å². The Bertz CT molecular complexity index is 378. The summed E-state index contributed by atoms with van der Waals surface area (Å²) in [5.41, 5.74) is 1.10. The van der Waals surface area contributed by atoms with Gasteiger partial charge in [0.15, 0.2) is 0 Å². The summed E-state index contributed by atoms with van der Waals surface area (Å²) in [6, 6.07) is 0. The zero-order chi connectivity index (χ0) is 20.4. The fourth-order valence-electron chi connectivity index (χ4n) is 4.11. The van der Waals surface area contributed by atoms with E-state index in [-0.39, 0.29) is 6.15 Å². The molecule has 0 aliphatic carbocycles. The number of aliphatic carboxylic acids is 1. The van der Waals surface area contributed by atoms with Crippen LogP contribution in [0.15, 0.2) is 11.6 Å². The van der Waals surface area contributed by atoms with Gasteiger partial charge >= 0.3 is 0 Å². The molecule has 168 valence electrons. The van der Waals surface area contributed by atoms with Gasteiger partial charge in [-0.15, -0.1) is 0 Å². The Morgan fingerprint density at radius 3 is 1.79 bits per heavy atom. The molecule has 0 rings (SSSR count). The molecule has 4 N–H and O–H groups in total. The van der Waals surface area contributed by atoms with Crippen molar-refractivity contribution in [3.05, 3.63) is 11.6 Å². The van der Waals surface area contributed by atoms with Crippen LogP contribution in [0.4, 0.5) is 0 Å². The van der Waals surface area contributed by atoms with Crippen LogP contribution in [0.25, 0.3) is 0 Å². The van der Waals surface area contributed by atoms with Crippen LogP contribution in [0, 0.1) is 5.41 Å². The molecule has 0 spiro atoms. The minimum Gasteiger partial charge on any atom is -0.545 e. The average molecular weight is 398 g/mol. The molecule has 0 bridgehead atoms. The van der Waals surface area contributed by atoms with Gasteiger partial charge in [0.25, 0.3) is 0 Å². The van der Waals surface area contributed by atoms with Gasteiger partial charge in [-0.2, -0.15) is 0 Å². The Hall–Kier alpha value is -0.830. The van der Waals surface area contributed by atoms with Crippen LogP contribution >= 0.6 is 0 Å². The highest BCUT2D eigenvalue weighted by molar-refractivity contribution is 5.84. The molecule has 0 saturated heterocycles. The Morgan fingerprint density at radius 2 is 1.25 bits per heavy atom. The molecule has 28 heavy (non-hydrogen) atoms. The Balaban J connectivity index is 0. The Kier molecular flexibility index (Phi) is 20.4. The van der Waals surface area contributed by atoms with E-state index in [0.717, 1.165) is 25.7 Å². The van der Waals surface area contributed by atoms with E-state index in [2.05, 4.69) is 27.7 Å². The predicted molar refractivity (Wildman–Crippen MR) is 123 cm³/mol. The van der Waals surface area contributed by atoms with Gasteiger partial charge in [-0.3, -0.25) is 0 Å². The number of carboxylic acid groups (broad SMARTS) is 1. The standard InChI is InChI=1S/C25H48O2.H3N/c1-5-9-10-11-14-17-20-23(24(26)27)21-18-15-12-13-16-19-22-25(6-2,7-3)8-4;/h21H,5-20,22H2,1-4H3,(H,26,27);1H3. The second-order valence-corrected chi connectivity index (χ2v) is 8.40. The molecule has 0 aromatic heterocycles. The molecule has 3 nitrogen and oxygen atoms in total. The number of rotatable bonds is 19. The van der Waals surface area contributed by atoms with E-state index in [1.54, 1.807) is 0 Å². The van der Waals surface area contributed by atoms with Crippen LogP contribution in [0.2, 0.25) is 0 Å². The largest absolute Gasteiger partial charge is 0.545 e. The minimum absolute atomic E-state index is 0. The lowest BCUT2D eigenvalue weighted by molar-refractivity contribution is -0.299. The molecule has 0 aromatic carbocycles.